The van der Waals surface area contributed by atoms with Gasteiger partial charge in [-0.15, -0.1) is 0 Å². The average molecular weight is 261 g/mol. The number of hydrogen-bond donors (Lipinski definition) is 1. The van der Waals surface area contributed by atoms with E-state index in [0.717, 1.165) is 37.1 Å². The summed E-state index contributed by atoms with van der Waals surface area (Å²) in [6.45, 7) is 1.51. The van der Waals surface area contributed by atoms with Gasteiger partial charge in [-0.1, -0.05) is 25.3 Å². The first-order valence-corrected chi connectivity index (χ1v) is 7.43. The normalized spacial score (nSPS) is 20.5. The van der Waals surface area contributed by atoms with Crippen LogP contribution in [0.5, 0.6) is 11.5 Å². The molecule has 104 valence electrons. The molecule has 1 aliphatic carbocycles. The number of benzene rings is 1. The lowest BCUT2D eigenvalue weighted by atomic mass is 9.79. The van der Waals surface area contributed by atoms with Gasteiger partial charge in [-0.3, -0.25) is 0 Å². The Bertz CT molecular complexity index is 429. The molecule has 0 aromatic heterocycles. The molecule has 3 heteroatoms. The molecule has 3 rings (SSSR count). The quantitative estimate of drug-likeness (QED) is 0.902. The summed E-state index contributed by atoms with van der Waals surface area (Å²) in [6, 6.07) is 6.82. The maximum Gasteiger partial charge on any atom is 0.161 e. The van der Waals surface area contributed by atoms with Crippen molar-refractivity contribution in [3.8, 4) is 11.5 Å². The minimum atomic E-state index is 0.433. The number of ether oxygens (including phenoxy) is 2. The standard InChI is InChI=1S/C16H23NO2/c1-17-14(10-12-4-2-5-12)13-6-7-15-16(11-13)19-9-3-8-18-15/h6-7,11-12,14,17H,2-5,8-10H2,1H3. The highest BCUT2D eigenvalue weighted by molar-refractivity contribution is 5.44. The van der Waals surface area contributed by atoms with E-state index in [2.05, 4.69) is 23.5 Å². The smallest absolute Gasteiger partial charge is 0.161 e. The van der Waals surface area contributed by atoms with Crippen molar-refractivity contribution in [3.05, 3.63) is 23.8 Å². The highest BCUT2D eigenvalue weighted by Gasteiger charge is 2.23. The first kappa shape index (κ1) is 12.8. The predicted molar refractivity (Wildman–Crippen MR) is 75.8 cm³/mol. The molecule has 0 saturated heterocycles. The lowest BCUT2D eigenvalue weighted by molar-refractivity contribution is 0.265. The van der Waals surface area contributed by atoms with Gasteiger partial charge < -0.3 is 14.8 Å². The Morgan fingerprint density at radius 2 is 1.95 bits per heavy atom. The summed E-state index contributed by atoms with van der Waals surface area (Å²) in [4.78, 5) is 0. The maximum absolute atomic E-state index is 5.78. The third kappa shape index (κ3) is 2.86. The van der Waals surface area contributed by atoms with Crippen molar-refractivity contribution in [3.63, 3.8) is 0 Å². The van der Waals surface area contributed by atoms with Gasteiger partial charge in [0.15, 0.2) is 11.5 Å². The Labute approximate surface area is 115 Å². The molecule has 0 bridgehead atoms. The van der Waals surface area contributed by atoms with E-state index < -0.39 is 0 Å². The van der Waals surface area contributed by atoms with Crippen LogP contribution >= 0.6 is 0 Å². The summed E-state index contributed by atoms with van der Waals surface area (Å²) in [5.74, 6) is 2.69. The first-order valence-electron chi connectivity index (χ1n) is 7.43. The molecule has 1 fully saturated rings. The Kier molecular flexibility index (Phi) is 3.92. The van der Waals surface area contributed by atoms with Crippen molar-refractivity contribution in [1.82, 2.24) is 5.32 Å². The molecule has 0 spiro atoms. The van der Waals surface area contributed by atoms with Crippen LogP contribution in [-0.4, -0.2) is 20.3 Å². The van der Waals surface area contributed by atoms with Crippen LogP contribution in [0.3, 0.4) is 0 Å². The van der Waals surface area contributed by atoms with Crippen LogP contribution in [0.4, 0.5) is 0 Å². The third-order valence-electron chi connectivity index (χ3n) is 4.32. The van der Waals surface area contributed by atoms with Gasteiger partial charge in [-0.25, -0.2) is 0 Å². The van der Waals surface area contributed by atoms with Crippen molar-refractivity contribution in [2.45, 2.75) is 38.1 Å². The molecule has 1 aromatic rings. The zero-order chi connectivity index (χ0) is 13.1. The Morgan fingerprint density at radius 3 is 2.63 bits per heavy atom. The number of fused-ring (bicyclic) bond motifs is 1. The zero-order valence-corrected chi connectivity index (χ0v) is 11.7. The van der Waals surface area contributed by atoms with Crippen molar-refractivity contribution < 1.29 is 9.47 Å². The van der Waals surface area contributed by atoms with E-state index in [1.54, 1.807) is 0 Å². The molecule has 1 N–H and O–H groups in total. The SMILES string of the molecule is CNC(CC1CCC1)c1ccc2c(c1)OCCCO2. The summed E-state index contributed by atoms with van der Waals surface area (Å²) < 4.78 is 11.5. The van der Waals surface area contributed by atoms with Crippen LogP contribution in [-0.2, 0) is 0 Å². The molecule has 1 aliphatic heterocycles. The highest BCUT2D eigenvalue weighted by Crippen LogP contribution is 2.37. The Balaban J connectivity index is 1.76. The molecule has 0 radical (unpaired) electrons. The molecular formula is C16H23NO2. The second-order valence-corrected chi connectivity index (χ2v) is 5.63. The summed E-state index contributed by atoms with van der Waals surface area (Å²) in [7, 11) is 2.05. The largest absolute Gasteiger partial charge is 0.490 e. The van der Waals surface area contributed by atoms with Crippen LogP contribution in [0.25, 0.3) is 0 Å². The van der Waals surface area contributed by atoms with Crippen LogP contribution < -0.4 is 14.8 Å². The minimum Gasteiger partial charge on any atom is -0.490 e. The van der Waals surface area contributed by atoms with E-state index in [0.29, 0.717) is 6.04 Å². The fraction of sp³-hybridized carbons (Fsp3) is 0.625. The molecule has 1 aromatic carbocycles. The van der Waals surface area contributed by atoms with Crippen LogP contribution in [0.2, 0.25) is 0 Å². The topological polar surface area (TPSA) is 30.5 Å². The van der Waals surface area contributed by atoms with E-state index in [1.165, 1.54) is 31.2 Å². The Hall–Kier alpha value is -1.22. The summed E-state index contributed by atoms with van der Waals surface area (Å²) in [5.41, 5.74) is 1.32. The molecule has 19 heavy (non-hydrogen) atoms. The van der Waals surface area contributed by atoms with Gasteiger partial charge in [-0.05, 0) is 37.1 Å². The lowest BCUT2D eigenvalue weighted by Gasteiger charge is -2.30. The lowest BCUT2D eigenvalue weighted by Crippen LogP contribution is -2.23. The number of nitrogens with one attached hydrogen (secondary N) is 1. The van der Waals surface area contributed by atoms with Gasteiger partial charge in [-0.2, -0.15) is 0 Å². The number of hydrogen-bond acceptors (Lipinski definition) is 3. The molecule has 1 atom stereocenters. The van der Waals surface area contributed by atoms with Crippen molar-refractivity contribution in [2.75, 3.05) is 20.3 Å². The summed E-state index contributed by atoms with van der Waals surface area (Å²) in [5, 5.41) is 3.44. The summed E-state index contributed by atoms with van der Waals surface area (Å²) in [6.07, 6.45) is 6.38. The van der Waals surface area contributed by atoms with E-state index in [4.69, 9.17) is 9.47 Å². The fourth-order valence-electron chi connectivity index (χ4n) is 2.88. The van der Waals surface area contributed by atoms with E-state index in [-0.39, 0.29) is 0 Å². The average Bonchev–Trinajstić information content (AvgIpc) is 2.62. The Morgan fingerprint density at radius 1 is 1.16 bits per heavy atom. The van der Waals surface area contributed by atoms with Gasteiger partial charge in [0.2, 0.25) is 0 Å². The third-order valence-corrected chi connectivity index (χ3v) is 4.32. The predicted octanol–water partition coefficient (Wildman–Crippen LogP) is 3.30. The monoisotopic (exact) mass is 261 g/mol. The minimum absolute atomic E-state index is 0.433. The van der Waals surface area contributed by atoms with Crippen LogP contribution in [0, 0.1) is 5.92 Å². The van der Waals surface area contributed by atoms with Gasteiger partial charge in [0.05, 0.1) is 13.2 Å². The van der Waals surface area contributed by atoms with Crippen LogP contribution in [0.15, 0.2) is 18.2 Å². The molecular weight excluding hydrogens is 238 g/mol. The van der Waals surface area contributed by atoms with Gasteiger partial charge in [0.25, 0.3) is 0 Å². The first-order chi connectivity index (χ1) is 9.36. The van der Waals surface area contributed by atoms with Crippen molar-refractivity contribution in [2.24, 2.45) is 5.92 Å². The zero-order valence-electron chi connectivity index (χ0n) is 11.7. The van der Waals surface area contributed by atoms with E-state index in [9.17, 15) is 0 Å². The molecule has 2 aliphatic rings. The molecule has 1 heterocycles. The summed E-state index contributed by atoms with van der Waals surface area (Å²) >= 11 is 0. The molecule has 3 nitrogen and oxygen atoms in total. The van der Waals surface area contributed by atoms with E-state index >= 15 is 0 Å². The van der Waals surface area contributed by atoms with E-state index in [1.807, 2.05) is 7.05 Å². The second kappa shape index (κ2) is 5.83. The molecule has 1 unspecified atom stereocenters. The molecule has 1 saturated carbocycles. The van der Waals surface area contributed by atoms with Crippen molar-refractivity contribution in [1.29, 1.82) is 0 Å². The van der Waals surface area contributed by atoms with Crippen molar-refractivity contribution >= 4 is 0 Å². The van der Waals surface area contributed by atoms with Gasteiger partial charge >= 0.3 is 0 Å². The fourth-order valence-corrected chi connectivity index (χ4v) is 2.88. The van der Waals surface area contributed by atoms with Crippen LogP contribution in [0.1, 0.15) is 43.7 Å². The highest BCUT2D eigenvalue weighted by atomic mass is 16.5. The second-order valence-electron chi connectivity index (χ2n) is 5.63. The van der Waals surface area contributed by atoms with Gasteiger partial charge in [0, 0.05) is 12.5 Å². The number of rotatable bonds is 4. The van der Waals surface area contributed by atoms with Gasteiger partial charge in [0.1, 0.15) is 0 Å². The maximum atomic E-state index is 5.78. The molecule has 0 amide bonds.